The first kappa shape index (κ1) is 19.7. The van der Waals surface area contributed by atoms with Crippen molar-refractivity contribution < 1.29 is 17.9 Å². The molecule has 1 aliphatic heterocycles. The smallest absolute Gasteiger partial charge is 0.243 e. The second-order valence-electron chi connectivity index (χ2n) is 6.90. The molecule has 2 heterocycles. The number of aromatic nitrogens is 2. The molecule has 1 N–H and O–H groups in total. The molecule has 0 bridgehead atoms. The van der Waals surface area contributed by atoms with Gasteiger partial charge in [-0.05, 0) is 24.3 Å². The Bertz CT molecular complexity index is 1070. The number of H-pyrrole nitrogens is 1. The molecule has 154 valence electrons. The molecule has 2 aromatic carbocycles. The summed E-state index contributed by atoms with van der Waals surface area (Å²) < 4.78 is 38.0. The van der Waals surface area contributed by atoms with Gasteiger partial charge in [-0.3, -0.25) is 4.90 Å². The van der Waals surface area contributed by atoms with Crippen molar-refractivity contribution in [2.45, 2.75) is 11.4 Å². The quantitative estimate of drug-likeness (QED) is 0.662. The number of para-hydroxylation sites is 2. The first-order chi connectivity index (χ1) is 14.0. The zero-order valence-electron chi connectivity index (χ0n) is 16.5. The predicted molar refractivity (Wildman–Crippen MR) is 110 cm³/mol. The zero-order valence-corrected chi connectivity index (χ0v) is 17.3. The number of sulfonamides is 1. The lowest BCUT2D eigenvalue weighted by Gasteiger charge is -2.33. The number of rotatable bonds is 6. The summed E-state index contributed by atoms with van der Waals surface area (Å²) in [4.78, 5) is 10.3. The molecule has 1 aromatic heterocycles. The highest BCUT2D eigenvalue weighted by atomic mass is 32.2. The first-order valence-electron chi connectivity index (χ1n) is 9.39. The fourth-order valence-corrected chi connectivity index (χ4v) is 4.98. The largest absolute Gasteiger partial charge is 0.493 e. The Morgan fingerprint density at radius 3 is 2.41 bits per heavy atom. The summed E-state index contributed by atoms with van der Waals surface area (Å²) in [6.45, 7) is 2.81. The van der Waals surface area contributed by atoms with E-state index >= 15 is 0 Å². The third-order valence-electron chi connectivity index (χ3n) is 5.14. The van der Waals surface area contributed by atoms with Gasteiger partial charge in [0.2, 0.25) is 10.0 Å². The highest BCUT2D eigenvalue weighted by molar-refractivity contribution is 7.89. The topological polar surface area (TPSA) is 87.8 Å². The standard InChI is InChI=1S/C20H24N4O4S/c1-27-18-8-7-15(13-19(18)28-2)29(25,26)24-11-9-23(10-12-24)14-20-21-16-5-3-4-6-17(16)22-20/h3-8,13H,9-12,14H2,1-2H3,(H,21,22). The summed E-state index contributed by atoms with van der Waals surface area (Å²) in [5, 5.41) is 0. The van der Waals surface area contributed by atoms with E-state index < -0.39 is 10.0 Å². The van der Waals surface area contributed by atoms with Crippen LogP contribution in [0, 0.1) is 0 Å². The number of methoxy groups -OCH3 is 2. The minimum absolute atomic E-state index is 0.209. The van der Waals surface area contributed by atoms with Crippen LogP contribution in [0.2, 0.25) is 0 Å². The first-order valence-corrected chi connectivity index (χ1v) is 10.8. The summed E-state index contributed by atoms with van der Waals surface area (Å²) in [5.41, 5.74) is 1.95. The van der Waals surface area contributed by atoms with E-state index in [0.717, 1.165) is 16.9 Å². The van der Waals surface area contributed by atoms with Crippen molar-refractivity contribution in [3.63, 3.8) is 0 Å². The molecule has 9 heteroatoms. The van der Waals surface area contributed by atoms with Gasteiger partial charge in [-0.15, -0.1) is 0 Å². The van der Waals surface area contributed by atoms with Crippen molar-refractivity contribution in [2.75, 3.05) is 40.4 Å². The Balaban J connectivity index is 1.43. The third-order valence-corrected chi connectivity index (χ3v) is 7.03. The van der Waals surface area contributed by atoms with Crippen LogP contribution in [0.15, 0.2) is 47.4 Å². The lowest BCUT2D eigenvalue weighted by atomic mass is 10.3. The van der Waals surface area contributed by atoms with Crippen molar-refractivity contribution in [3.8, 4) is 11.5 Å². The lowest BCUT2D eigenvalue weighted by Crippen LogP contribution is -2.48. The molecule has 0 aliphatic carbocycles. The van der Waals surface area contributed by atoms with Gasteiger partial charge in [0.05, 0.1) is 36.7 Å². The Kier molecular flexibility index (Phi) is 5.44. The zero-order chi connectivity index (χ0) is 20.4. The maximum atomic E-state index is 13.0. The van der Waals surface area contributed by atoms with Crippen LogP contribution in [0.3, 0.4) is 0 Å². The van der Waals surface area contributed by atoms with Gasteiger partial charge >= 0.3 is 0 Å². The highest BCUT2D eigenvalue weighted by Crippen LogP contribution is 2.31. The molecule has 0 radical (unpaired) electrons. The number of hydrogen-bond donors (Lipinski definition) is 1. The van der Waals surface area contributed by atoms with Crippen LogP contribution in [0.5, 0.6) is 11.5 Å². The highest BCUT2D eigenvalue weighted by Gasteiger charge is 2.29. The SMILES string of the molecule is COc1ccc(S(=O)(=O)N2CCN(Cc3nc4ccccc4[nH]3)CC2)cc1OC. The monoisotopic (exact) mass is 416 g/mol. The van der Waals surface area contributed by atoms with Gasteiger partial charge in [0, 0.05) is 32.2 Å². The number of imidazole rings is 1. The van der Waals surface area contributed by atoms with Crippen molar-refractivity contribution in [1.82, 2.24) is 19.2 Å². The number of nitrogens with zero attached hydrogens (tertiary/aromatic N) is 3. The van der Waals surface area contributed by atoms with Crippen LogP contribution in [0.25, 0.3) is 11.0 Å². The van der Waals surface area contributed by atoms with E-state index in [1.807, 2.05) is 24.3 Å². The number of nitrogens with one attached hydrogen (secondary N) is 1. The van der Waals surface area contributed by atoms with Crippen molar-refractivity contribution in [3.05, 3.63) is 48.3 Å². The molecule has 0 unspecified atom stereocenters. The molecular formula is C20H24N4O4S. The molecule has 0 atom stereocenters. The molecule has 29 heavy (non-hydrogen) atoms. The van der Waals surface area contributed by atoms with E-state index in [0.29, 0.717) is 44.2 Å². The predicted octanol–water partition coefficient (Wildman–Crippen LogP) is 2.09. The molecule has 0 amide bonds. The van der Waals surface area contributed by atoms with Gasteiger partial charge in [-0.25, -0.2) is 13.4 Å². The van der Waals surface area contributed by atoms with E-state index in [9.17, 15) is 8.42 Å². The van der Waals surface area contributed by atoms with Crippen molar-refractivity contribution >= 4 is 21.1 Å². The maximum absolute atomic E-state index is 13.0. The molecule has 0 spiro atoms. The summed E-state index contributed by atoms with van der Waals surface area (Å²) in [6, 6.07) is 12.6. The fraction of sp³-hybridized carbons (Fsp3) is 0.350. The number of fused-ring (bicyclic) bond motifs is 1. The second kappa shape index (κ2) is 8.02. The van der Waals surface area contributed by atoms with Gasteiger partial charge in [0.15, 0.2) is 11.5 Å². The van der Waals surface area contributed by atoms with E-state index in [-0.39, 0.29) is 4.90 Å². The third kappa shape index (κ3) is 3.93. The molecule has 1 saturated heterocycles. The number of aromatic amines is 1. The van der Waals surface area contributed by atoms with Crippen LogP contribution in [0.1, 0.15) is 5.82 Å². The van der Waals surface area contributed by atoms with Crippen LogP contribution < -0.4 is 9.47 Å². The van der Waals surface area contributed by atoms with Gasteiger partial charge in [-0.1, -0.05) is 12.1 Å². The average Bonchev–Trinajstić information content (AvgIpc) is 3.15. The summed E-state index contributed by atoms with van der Waals surface area (Å²) in [6.07, 6.45) is 0. The van der Waals surface area contributed by atoms with Crippen molar-refractivity contribution in [1.29, 1.82) is 0 Å². The van der Waals surface area contributed by atoms with Crippen LogP contribution in [-0.4, -0.2) is 68.0 Å². The Labute approximate surface area is 170 Å². The lowest BCUT2D eigenvalue weighted by molar-refractivity contribution is 0.178. The van der Waals surface area contributed by atoms with Crippen LogP contribution in [-0.2, 0) is 16.6 Å². The van der Waals surface area contributed by atoms with E-state index in [1.54, 1.807) is 12.1 Å². The minimum atomic E-state index is -3.59. The molecule has 0 saturated carbocycles. The number of benzene rings is 2. The van der Waals surface area contributed by atoms with E-state index in [4.69, 9.17) is 9.47 Å². The van der Waals surface area contributed by atoms with Gasteiger partial charge in [0.25, 0.3) is 0 Å². The molecule has 3 aromatic rings. The molecule has 4 rings (SSSR count). The van der Waals surface area contributed by atoms with Crippen LogP contribution in [0.4, 0.5) is 0 Å². The fourth-order valence-electron chi connectivity index (χ4n) is 3.55. The molecule has 1 aliphatic rings. The van der Waals surface area contributed by atoms with Crippen molar-refractivity contribution in [2.24, 2.45) is 0 Å². The minimum Gasteiger partial charge on any atom is -0.493 e. The average molecular weight is 417 g/mol. The van der Waals surface area contributed by atoms with E-state index in [2.05, 4.69) is 14.9 Å². The van der Waals surface area contributed by atoms with Crippen LogP contribution >= 0.6 is 0 Å². The summed E-state index contributed by atoms with van der Waals surface area (Å²) in [5.74, 6) is 1.79. The van der Waals surface area contributed by atoms with Gasteiger partial charge in [-0.2, -0.15) is 4.31 Å². The number of hydrogen-bond acceptors (Lipinski definition) is 6. The molecule has 1 fully saturated rings. The normalized spacial score (nSPS) is 16.2. The molecular weight excluding hydrogens is 392 g/mol. The number of ether oxygens (including phenoxy) is 2. The van der Waals surface area contributed by atoms with Gasteiger partial charge < -0.3 is 14.5 Å². The van der Waals surface area contributed by atoms with E-state index in [1.165, 1.54) is 24.6 Å². The number of piperazine rings is 1. The Morgan fingerprint density at radius 2 is 1.72 bits per heavy atom. The van der Waals surface area contributed by atoms with Gasteiger partial charge in [0.1, 0.15) is 5.82 Å². The summed E-state index contributed by atoms with van der Waals surface area (Å²) in [7, 11) is -0.576. The Hall–Kier alpha value is -2.62. The Morgan fingerprint density at radius 1 is 1.00 bits per heavy atom. The summed E-state index contributed by atoms with van der Waals surface area (Å²) >= 11 is 0. The molecule has 8 nitrogen and oxygen atoms in total. The second-order valence-corrected chi connectivity index (χ2v) is 8.84. The maximum Gasteiger partial charge on any atom is 0.243 e.